The molecule has 0 amide bonds. The minimum absolute atomic E-state index is 0.679. The molecule has 1 aromatic heterocycles. The first kappa shape index (κ1) is 14.6. The molecule has 114 valence electrons. The second-order valence-electron chi connectivity index (χ2n) is 5.17. The molecule has 1 heterocycles. The molecule has 4 nitrogen and oxygen atoms in total. The van der Waals surface area contributed by atoms with Crippen LogP contribution in [0.4, 0.5) is 0 Å². The molecular weight excluding hydrogens is 276 g/mol. The summed E-state index contributed by atoms with van der Waals surface area (Å²) >= 11 is 0. The standard InChI is InChI=1S/C18H20N2O2/c1-3-11-21-15-9-5-7-13-17(15)19-14-8-6-10-16(18(14)20-13)22-12-4-2/h5-10H,3-4,11-12H2,1-2H3. The molecule has 0 aliphatic carbocycles. The zero-order chi connectivity index (χ0) is 15.4. The van der Waals surface area contributed by atoms with E-state index in [4.69, 9.17) is 19.4 Å². The van der Waals surface area contributed by atoms with Crippen LogP contribution in [-0.2, 0) is 0 Å². The van der Waals surface area contributed by atoms with Crippen molar-refractivity contribution < 1.29 is 9.47 Å². The molecule has 0 saturated carbocycles. The number of aromatic nitrogens is 2. The summed E-state index contributed by atoms with van der Waals surface area (Å²) in [6.07, 6.45) is 1.93. The van der Waals surface area contributed by atoms with Crippen molar-refractivity contribution in [2.45, 2.75) is 26.7 Å². The van der Waals surface area contributed by atoms with Crippen molar-refractivity contribution in [2.75, 3.05) is 13.2 Å². The molecule has 3 rings (SSSR count). The van der Waals surface area contributed by atoms with Crippen molar-refractivity contribution in [3.8, 4) is 11.5 Å². The van der Waals surface area contributed by atoms with Gasteiger partial charge in [-0.1, -0.05) is 26.0 Å². The number of benzene rings is 2. The van der Waals surface area contributed by atoms with E-state index in [0.717, 1.165) is 46.4 Å². The maximum Gasteiger partial charge on any atom is 0.147 e. The Hall–Kier alpha value is -2.36. The number of nitrogens with zero attached hydrogens (tertiary/aromatic N) is 2. The van der Waals surface area contributed by atoms with Crippen LogP contribution >= 0.6 is 0 Å². The first-order valence-electron chi connectivity index (χ1n) is 7.78. The van der Waals surface area contributed by atoms with Gasteiger partial charge in [-0.25, -0.2) is 9.97 Å². The van der Waals surface area contributed by atoms with Crippen molar-refractivity contribution in [3.05, 3.63) is 36.4 Å². The normalized spacial score (nSPS) is 11.0. The van der Waals surface area contributed by atoms with Crippen molar-refractivity contribution in [2.24, 2.45) is 0 Å². The lowest BCUT2D eigenvalue weighted by Crippen LogP contribution is -1.99. The monoisotopic (exact) mass is 296 g/mol. The van der Waals surface area contributed by atoms with Gasteiger partial charge in [-0.15, -0.1) is 0 Å². The predicted molar refractivity (Wildman–Crippen MR) is 88.6 cm³/mol. The van der Waals surface area contributed by atoms with Crippen molar-refractivity contribution in [1.82, 2.24) is 9.97 Å². The first-order chi connectivity index (χ1) is 10.8. The van der Waals surface area contributed by atoms with Gasteiger partial charge in [0.25, 0.3) is 0 Å². The highest BCUT2D eigenvalue weighted by Crippen LogP contribution is 2.29. The van der Waals surface area contributed by atoms with Gasteiger partial charge < -0.3 is 9.47 Å². The second-order valence-corrected chi connectivity index (χ2v) is 5.17. The van der Waals surface area contributed by atoms with E-state index < -0.39 is 0 Å². The molecular formula is C18H20N2O2. The van der Waals surface area contributed by atoms with Crippen molar-refractivity contribution in [3.63, 3.8) is 0 Å². The molecule has 2 aromatic carbocycles. The van der Waals surface area contributed by atoms with Gasteiger partial charge in [-0.05, 0) is 37.1 Å². The van der Waals surface area contributed by atoms with E-state index in [1.807, 2.05) is 36.4 Å². The first-order valence-corrected chi connectivity index (χ1v) is 7.78. The zero-order valence-electron chi connectivity index (χ0n) is 13.0. The number of para-hydroxylation sites is 2. The fourth-order valence-corrected chi connectivity index (χ4v) is 2.32. The summed E-state index contributed by atoms with van der Waals surface area (Å²) in [6.45, 7) is 5.53. The van der Waals surface area contributed by atoms with E-state index in [9.17, 15) is 0 Å². The van der Waals surface area contributed by atoms with Crippen LogP contribution in [0.3, 0.4) is 0 Å². The second kappa shape index (κ2) is 6.60. The Kier molecular flexibility index (Phi) is 4.37. The Labute approximate surface area is 130 Å². The smallest absolute Gasteiger partial charge is 0.147 e. The fraction of sp³-hybridized carbons (Fsp3) is 0.333. The van der Waals surface area contributed by atoms with Gasteiger partial charge in [0.2, 0.25) is 0 Å². The molecule has 0 N–H and O–H groups in total. The van der Waals surface area contributed by atoms with Gasteiger partial charge in [-0.2, -0.15) is 0 Å². The van der Waals surface area contributed by atoms with Crippen LogP contribution in [0, 0.1) is 0 Å². The number of ether oxygens (including phenoxy) is 2. The van der Waals surface area contributed by atoms with Gasteiger partial charge in [0.15, 0.2) is 0 Å². The van der Waals surface area contributed by atoms with E-state index in [1.54, 1.807) is 0 Å². The van der Waals surface area contributed by atoms with E-state index >= 15 is 0 Å². The van der Waals surface area contributed by atoms with Gasteiger partial charge in [0, 0.05) is 0 Å². The van der Waals surface area contributed by atoms with Crippen LogP contribution in [0.1, 0.15) is 26.7 Å². The highest BCUT2D eigenvalue weighted by atomic mass is 16.5. The summed E-state index contributed by atoms with van der Waals surface area (Å²) in [6, 6.07) is 11.7. The van der Waals surface area contributed by atoms with Crippen LogP contribution in [-0.4, -0.2) is 23.2 Å². The number of rotatable bonds is 6. The average Bonchev–Trinajstić information content (AvgIpc) is 2.56. The Balaban J connectivity index is 2.13. The summed E-state index contributed by atoms with van der Waals surface area (Å²) in [5, 5.41) is 0. The van der Waals surface area contributed by atoms with Gasteiger partial charge in [-0.3, -0.25) is 0 Å². The van der Waals surface area contributed by atoms with Crippen LogP contribution < -0.4 is 9.47 Å². The summed E-state index contributed by atoms with van der Waals surface area (Å²) in [7, 11) is 0. The lowest BCUT2D eigenvalue weighted by atomic mass is 10.2. The van der Waals surface area contributed by atoms with Crippen molar-refractivity contribution >= 4 is 22.1 Å². The number of hydrogen-bond acceptors (Lipinski definition) is 4. The summed E-state index contributed by atoms with van der Waals surface area (Å²) in [4.78, 5) is 9.46. The molecule has 22 heavy (non-hydrogen) atoms. The maximum atomic E-state index is 5.78. The molecule has 0 unspecified atom stereocenters. The SMILES string of the molecule is CCCOc1cccc2nc3c(OCCC)cccc3nc12. The van der Waals surface area contributed by atoms with E-state index in [2.05, 4.69) is 13.8 Å². The maximum absolute atomic E-state index is 5.78. The molecule has 0 aliphatic rings. The van der Waals surface area contributed by atoms with Gasteiger partial charge in [0.05, 0.1) is 24.2 Å². The molecule has 0 bridgehead atoms. The molecule has 0 aliphatic heterocycles. The average molecular weight is 296 g/mol. The Morgan fingerprint density at radius 3 is 1.59 bits per heavy atom. The van der Waals surface area contributed by atoms with Crippen LogP contribution in [0.2, 0.25) is 0 Å². The van der Waals surface area contributed by atoms with Crippen LogP contribution in [0.5, 0.6) is 11.5 Å². The predicted octanol–water partition coefficient (Wildman–Crippen LogP) is 4.36. The Bertz CT molecular complexity index is 719. The van der Waals surface area contributed by atoms with Gasteiger partial charge in [0.1, 0.15) is 22.5 Å². The molecule has 0 fully saturated rings. The third-order valence-corrected chi connectivity index (χ3v) is 3.34. The molecule has 0 radical (unpaired) electrons. The van der Waals surface area contributed by atoms with E-state index in [0.29, 0.717) is 13.2 Å². The quantitative estimate of drug-likeness (QED) is 0.634. The highest BCUT2D eigenvalue weighted by molar-refractivity contribution is 5.92. The Morgan fingerprint density at radius 2 is 1.18 bits per heavy atom. The number of hydrogen-bond donors (Lipinski definition) is 0. The van der Waals surface area contributed by atoms with Gasteiger partial charge >= 0.3 is 0 Å². The van der Waals surface area contributed by atoms with Crippen LogP contribution in [0.15, 0.2) is 36.4 Å². The third-order valence-electron chi connectivity index (χ3n) is 3.34. The topological polar surface area (TPSA) is 44.2 Å². The van der Waals surface area contributed by atoms with E-state index in [-0.39, 0.29) is 0 Å². The highest BCUT2D eigenvalue weighted by Gasteiger charge is 2.10. The summed E-state index contributed by atoms with van der Waals surface area (Å²) < 4.78 is 11.6. The van der Waals surface area contributed by atoms with Crippen LogP contribution in [0.25, 0.3) is 22.1 Å². The largest absolute Gasteiger partial charge is 0.491 e. The third kappa shape index (κ3) is 2.82. The molecule has 0 atom stereocenters. The molecule has 0 saturated heterocycles. The summed E-state index contributed by atoms with van der Waals surface area (Å²) in [5.74, 6) is 1.57. The summed E-state index contributed by atoms with van der Waals surface area (Å²) in [5.41, 5.74) is 3.26. The molecule has 0 spiro atoms. The van der Waals surface area contributed by atoms with E-state index in [1.165, 1.54) is 0 Å². The number of fused-ring (bicyclic) bond motifs is 2. The lowest BCUT2D eigenvalue weighted by Gasteiger charge is -2.10. The molecule has 4 heteroatoms. The fourth-order valence-electron chi connectivity index (χ4n) is 2.32. The molecule has 3 aromatic rings. The lowest BCUT2D eigenvalue weighted by molar-refractivity contribution is 0.320. The Morgan fingerprint density at radius 1 is 0.727 bits per heavy atom. The van der Waals surface area contributed by atoms with Crippen molar-refractivity contribution in [1.29, 1.82) is 0 Å². The zero-order valence-corrected chi connectivity index (χ0v) is 13.0. The minimum atomic E-state index is 0.679. The minimum Gasteiger partial charge on any atom is -0.491 e.